The van der Waals surface area contributed by atoms with Crippen LogP contribution in [0.2, 0.25) is 0 Å². The van der Waals surface area contributed by atoms with Gasteiger partial charge in [-0.1, -0.05) is 20.3 Å². The highest BCUT2D eigenvalue weighted by Gasteiger charge is 2.36. The molecule has 1 aliphatic heterocycles. The minimum Gasteiger partial charge on any atom is -0.333 e. The first-order chi connectivity index (χ1) is 9.74. The lowest BCUT2D eigenvalue weighted by Gasteiger charge is -2.18. The van der Waals surface area contributed by atoms with E-state index in [1.165, 1.54) is 0 Å². The molecular formula is C13H15F4N3O. The third-order valence-electron chi connectivity index (χ3n) is 3.67. The molecule has 1 saturated heterocycles. The van der Waals surface area contributed by atoms with Gasteiger partial charge in [0.05, 0.1) is 11.6 Å². The molecule has 2 amide bonds. The van der Waals surface area contributed by atoms with E-state index in [1.807, 2.05) is 13.8 Å². The third-order valence-corrected chi connectivity index (χ3v) is 3.67. The van der Waals surface area contributed by atoms with Gasteiger partial charge in [0.25, 0.3) is 0 Å². The van der Waals surface area contributed by atoms with Crippen LogP contribution < -0.4 is 10.2 Å². The molecule has 1 N–H and O–H groups in total. The van der Waals surface area contributed by atoms with Crippen molar-refractivity contribution in [2.24, 2.45) is 5.92 Å². The Morgan fingerprint density at radius 1 is 1.52 bits per heavy atom. The number of urea groups is 1. The number of alkyl halides is 3. The van der Waals surface area contributed by atoms with Crippen molar-refractivity contribution < 1.29 is 22.4 Å². The van der Waals surface area contributed by atoms with Gasteiger partial charge in [0, 0.05) is 12.7 Å². The average molecular weight is 305 g/mol. The summed E-state index contributed by atoms with van der Waals surface area (Å²) in [4.78, 5) is 16.3. The summed E-state index contributed by atoms with van der Waals surface area (Å²) in [6.07, 6.45) is -3.32. The summed E-state index contributed by atoms with van der Waals surface area (Å²) in [6.45, 7) is 4.07. The van der Waals surface area contributed by atoms with E-state index in [0.717, 1.165) is 11.3 Å². The van der Waals surface area contributed by atoms with E-state index in [2.05, 4.69) is 10.3 Å². The highest BCUT2D eigenvalue weighted by molar-refractivity contribution is 5.93. The number of carbonyl (C=O) groups is 1. The molecule has 8 heteroatoms. The van der Waals surface area contributed by atoms with Crippen molar-refractivity contribution in [3.05, 3.63) is 23.6 Å². The largest absolute Gasteiger partial charge is 0.417 e. The SMILES string of the molecule is CC[C@H](C)[C@H]1CN(c2ncc(C(F)(F)F)cc2F)C(=O)N1. The standard InChI is InChI=1S/C13H15F4N3O/c1-3-7(2)10-6-20(12(21)19-10)11-9(14)4-8(5-18-11)13(15,16)17/h4-5,7,10H,3,6H2,1-2H3,(H,19,21)/t7-,10+/m0/s1. The summed E-state index contributed by atoms with van der Waals surface area (Å²) >= 11 is 0. The molecule has 1 aromatic rings. The number of aromatic nitrogens is 1. The number of amides is 2. The molecule has 0 unspecified atom stereocenters. The molecule has 2 atom stereocenters. The lowest BCUT2D eigenvalue weighted by Crippen LogP contribution is -2.32. The Hall–Kier alpha value is -1.86. The van der Waals surface area contributed by atoms with Crippen molar-refractivity contribution in [3.8, 4) is 0 Å². The molecule has 1 aromatic heterocycles. The van der Waals surface area contributed by atoms with E-state index in [-0.39, 0.29) is 24.3 Å². The molecule has 116 valence electrons. The molecule has 1 fully saturated rings. The number of halogens is 4. The molecule has 0 aromatic carbocycles. The van der Waals surface area contributed by atoms with Gasteiger partial charge < -0.3 is 5.32 Å². The Morgan fingerprint density at radius 3 is 2.71 bits per heavy atom. The van der Waals surface area contributed by atoms with Gasteiger partial charge in [0.15, 0.2) is 11.6 Å². The maximum Gasteiger partial charge on any atom is 0.417 e. The predicted molar refractivity (Wildman–Crippen MR) is 68.3 cm³/mol. The second kappa shape index (κ2) is 5.50. The first kappa shape index (κ1) is 15.5. The maximum absolute atomic E-state index is 13.8. The smallest absolute Gasteiger partial charge is 0.333 e. The van der Waals surface area contributed by atoms with Gasteiger partial charge in [-0.15, -0.1) is 0 Å². The number of nitrogens with zero attached hydrogens (tertiary/aromatic N) is 2. The van der Waals surface area contributed by atoms with Crippen molar-refractivity contribution in [1.29, 1.82) is 0 Å². The van der Waals surface area contributed by atoms with Crippen LogP contribution in [0.15, 0.2) is 12.3 Å². The number of nitrogens with one attached hydrogen (secondary N) is 1. The summed E-state index contributed by atoms with van der Waals surface area (Å²) in [5, 5.41) is 2.68. The number of rotatable bonds is 3. The van der Waals surface area contributed by atoms with Gasteiger partial charge in [-0.2, -0.15) is 13.2 Å². The van der Waals surface area contributed by atoms with E-state index < -0.39 is 23.6 Å². The monoisotopic (exact) mass is 305 g/mol. The van der Waals surface area contributed by atoms with Crippen LogP contribution in [-0.4, -0.2) is 23.6 Å². The second-order valence-corrected chi connectivity index (χ2v) is 5.08. The third kappa shape index (κ3) is 3.08. The first-order valence-electron chi connectivity index (χ1n) is 6.54. The van der Waals surface area contributed by atoms with E-state index in [0.29, 0.717) is 12.3 Å². The zero-order valence-electron chi connectivity index (χ0n) is 11.5. The van der Waals surface area contributed by atoms with Crippen LogP contribution in [0.1, 0.15) is 25.8 Å². The fourth-order valence-electron chi connectivity index (χ4n) is 2.14. The summed E-state index contributed by atoms with van der Waals surface area (Å²) in [6, 6.07) is -0.371. The number of hydrogen-bond donors (Lipinski definition) is 1. The van der Waals surface area contributed by atoms with E-state index in [1.54, 1.807) is 0 Å². The molecule has 2 rings (SSSR count). The molecule has 0 bridgehead atoms. The Labute approximate surface area is 119 Å². The van der Waals surface area contributed by atoms with Gasteiger partial charge in [0.1, 0.15) is 0 Å². The summed E-state index contributed by atoms with van der Waals surface area (Å²) in [5.41, 5.74) is -1.18. The Morgan fingerprint density at radius 2 is 2.19 bits per heavy atom. The van der Waals surface area contributed by atoms with E-state index >= 15 is 0 Å². The lowest BCUT2D eigenvalue weighted by molar-refractivity contribution is -0.138. The van der Waals surface area contributed by atoms with Gasteiger partial charge in [-0.3, -0.25) is 4.90 Å². The Balaban J connectivity index is 2.25. The predicted octanol–water partition coefficient (Wildman–Crippen LogP) is 3.18. The summed E-state index contributed by atoms with van der Waals surface area (Å²) in [7, 11) is 0. The van der Waals surface area contributed by atoms with E-state index in [4.69, 9.17) is 0 Å². The van der Waals surface area contributed by atoms with Crippen LogP contribution in [0.4, 0.5) is 28.2 Å². The molecule has 0 spiro atoms. The minimum absolute atomic E-state index is 0.175. The van der Waals surface area contributed by atoms with Crippen LogP contribution in [0, 0.1) is 11.7 Å². The Kier molecular flexibility index (Phi) is 4.06. The molecule has 0 radical (unpaired) electrons. The van der Waals surface area contributed by atoms with Crippen molar-refractivity contribution in [1.82, 2.24) is 10.3 Å². The van der Waals surface area contributed by atoms with Crippen molar-refractivity contribution in [3.63, 3.8) is 0 Å². The van der Waals surface area contributed by atoms with Crippen LogP contribution in [0.5, 0.6) is 0 Å². The highest BCUT2D eigenvalue weighted by atomic mass is 19.4. The van der Waals surface area contributed by atoms with Crippen LogP contribution in [0.3, 0.4) is 0 Å². The van der Waals surface area contributed by atoms with Crippen LogP contribution >= 0.6 is 0 Å². The van der Waals surface area contributed by atoms with Crippen molar-refractivity contribution in [2.45, 2.75) is 32.5 Å². The number of hydrogen-bond acceptors (Lipinski definition) is 2. The number of anilines is 1. The van der Waals surface area contributed by atoms with Crippen molar-refractivity contribution >= 4 is 11.8 Å². The average Bonchev–Trinajstić information content (AvgIpc) is 2.78. The molecule has 21 heavy (non-hydrogen) atoms. The highest BCUT2D eigenvalue weighted by Crippen LogP contribution is 2.31. The Bertz CT molecular complexity index is 547. The van der Waals surface area contributed by atoms with Crippen molar-refractivity contribution in [2.75, 3.05) is 11.4 Å². The van der Waals surface area contributed by atoms with Crippen LogP contribution in [0.25, 0.3) is 0 Å². The molecule has 0 aliphatic carbocycles. The van der Waals surface area contributed by atoms with Gasteiger partial charge in [-0.25, -0.2) is 14.2 Å². The normalized spacial score (nSPS) is 20.6. The second-order valence-electron chi connectivity index (χ2n) is 5.08. The van der Waals surface area contributed by atoms with E-state index in [9.17, 15) is 22.4 Å². The summed E-state index contributed by atoms with van der Waals surface area (Å²) in [5.74, 6) is -1.37. The maximum atomic E-state index is 13.8. The molecule has 4 nitrogen and oxygen atoms in total. The molecular weight excluding hydrogens is 290 g/mol. The van der Waals surface area contributed by atoms with Gasteiger partial charge in [-0.05, 0) is 12.0 Å². The van der Waals surface area contributed by atoms with Crippen LogP contribution in [-0.2, 0) is 6.18 Å². The first-order valence-corrected chi connectivity index (χ1v) is 6.54. The number of pyridine rings is 1. The molecule has 2 heterocycles. The summed E-state index contributed by atoms with van der Waals surface area (Å²) < 4.78 is 51.2. The zero-order chi connectivity index (χ0) is 15.8. The zero-order valence-corrected chi connectivity index (χ0v) is 11.5. The molecule has 0 saturated carbocycles. The fourth-order valence-corrected chi connectivity index (χ4v) is 2.14. The topological polar surface area (TPSA) is 45.2 Å². The van der Waals surface area contributed by atoms with Gasteiger partial charge in [0.2, 0.25) is 0 Å². The fraction of sp³-hybridized carbons (Fsp3) is 0.538. The number of carbonyl (C=O) groups excluding carboxylic acids is 1. The van der Waals surface area contributed by atoms with Gasteiger partial charge >= 0.3 is 12.2 Å². The molecule has 1 aliphatic rings. The lowest BCUT2D eigenvalue weighted by atomic mass is 10.0. The minimum atomic E-state index is -4.67. The quantitative estimate of drug-likeness (QED) is 0.872.